The fourth-order valence-electron chi connectivity index (χ4n) is 6.41. The van der Waals surface area contributed by atoms with Crippen molar-refractivity contribution in [3.05, 3.63) is 63.2 Å². The number of alkyl halides is 3. The summed E-state index contributed by atoms with van der Waals surface area (Å²) in [5.41, 5.74) is 1.23. The number of pyridine rings is 2. The molecular weight excluding hydrogens is 457 g/mol. The lowest BCUT2D eigenvalue weighted by atomic mass is 9.33. The van der Waals surface area contributed by atoms with Gasteiger partial charge in [-0.15, -0.1) is 0 Å². The molecule has 0 spiro atoms. The molecule has 4 heterocycles. The highest BCUT2D eigenvalue weighted by molar-refractivity contribution is 5.82. The van der Waals surface area contributed by atoms with E-state index in [2.05, 4.69) is 9.97 Å². The van der Waals surface area contributed by atoms with Crippen LogP contribution in [-0.4, -0.2) is 32.3 Å². The van der Waals surface area contributed by atoms with Gasteiger partial charge >= 0.3 is 6.18 Å². The predicted molar refractivity (Wildman–Crippen MR) is 123 cm³/mol. The van der Waals surface area contributed by atoms with Crippen molar-refractivity contribution in [1.82, 2.24) is 19.5 Å². The largest absolute Gasteiger partial charge is 0.394 e. The third kappa shape index (κ3) is 3.27. The van der Waals surface area contributed by atoms with Gasteiger partial charge in [0.2, 0.25) is 0 Å². The Morgan fingerprint density at radius 2 is 1.89 bits per heavy atom. The summed E-state index contributed by atoms with van der Waals surface area (Å²) in [7, 11) is 1.64. The molecule has 4 fully saturated rings. The number of nitrogens with zero attached hydrogens (tertiary/aromatic N) is 4. The Balaban J connectivity index is 1.43. The molecular formula is C26H27F3N4O2. The Morgan fingerprint density at radius 1 is 1.14 bits per heavy atom. The number of fused-ring (bicyclic) bond motifs is 1. The van der Waals surface area contributed by atoms with Crippen molar-refractivity contribution in [2.75, 3.05) is 6.61 Å². The van der Waals surface area contributed by atoms with E-state index in [1.54, 1.807) is 20.2 Å². The van der Waals surface area contributed by atoms with Gasteiger partial charge in [-0.3, -0.25) is 19.3 Å². The monoisotopic (exact) mass is 484 g/mol. The van der Waals surface area contributed by atoms with Gasteiger partial charge < -0.3 is 4.74 Å². The maximum absolute atomic E-state index is 13.6. The summed E-state index contributed by atoms with van der Waals surface area (Å²) in [6, 6.07) is 5.83. The molecule has 184 valence electrons. The lowest BCUT2D eigenvalue weighted by molar-refractivity contribution is -0.337. The summed E-state index contributed by atoms with van der Waals surface area (Å²) in [5, 5.41) is 0.366. The number of rotatable bonds is 3. The van der Waals surface area contributed by atoms with Crippen LogP contribution in [0.25, 0.3) is 10.9 Å². The smallest absolute Gasteiger partial charge is 0.373 e. The van der Waals surface area contributed by atoms with Crippen LogP contribution < -0.4 is 5.56 Å². The van der Waals surface area contributed by atoms with E-state index in [1.165, 1.54) is 4.57 Å². The number of aryl methyl sites for hydroxylation is 2. The van der Waals surface area contributed by atoms with Crippen molar-refractivity contribution in [2.24, 2.45) is 12.5 Å². The molecule has 2 atom stereocenters. The van der Waals surface area contributed by atoms with Crippen molar-refractivity contribution in [2.45, 2.75) is 69.6 Å². The van der Waals surface area contributed by atoms with E-state index >= 15 is 0 Å². The summed E-state index contributed by atoms with van der Waals surface area (Å²) in [5.74, 6) is 0.618. The lowest BCUT2D eigenvalue weighted by Crippen LogP contribution is -2.70. The van der Waals surface area contributed by atoms with E-state index < -0.39 is 17.0 Å². The third-order valence-corrected chi connectivity index (χ3v) is 8.43. The zero-order valence-corrected chi connectivity index (χ0v) is 19.9. The van der Waals surface area contributed by atoms with Crippen molar-refractivity contribution in [3.63, 3.8) is 0 Å². The zero-order valence-electron chi connectivity index (χ0n) is 19.9. The molecule has 3 aromatic heterocycles. The second kappa shape index (κ2) is 7.35. The molecule has 9 heteroatoms. The average molecular weight is 485 g/mol. The Hall–Kier alpha value is -2.81. The first-order valence-electron chi connectivity index (χ1n) is 12.0. The van der Waals surface area contributed by atoms with Gasteiger partial charge in [-0.2, -0.15) is 13.2 Å². The topological polar surface area (TPSA) is 69.9 Å². The van der Waals surface area contributed by atoms with Gasteiger partial charge in [-0.05, 0) is 69.7 Å². The van der Waals surface area contributed by atoms with Crippen molar-refractivity contribution in [1.29, 1.82) is 0 Å². The summed E-state index contributed by atoms with van der Waals surface area (Å²) >= 11 is 0. The number of hydrogen-bond donors (Lipinski definition) is 0. The molecule has 0 N–H and O–H groups in total. The summed E-state index contributed by atoms with van der Waals surface area (Å²) in [6.45, 7) is 4.25. The van der Waals surface area contributed by atoms with Crippen LogP contribution in [0.4, 0.5) is 13.2 Å². The molecule has 2 bridgehead atoms. The number of hydrogen-bond acceptors (Lipinski definition) is 5. The Morgan fingerprint density at radius 3 is 2.57 bits per heavy atom. The van der Waals surface area contributed by atoms with Gasteiger partial charge in [0, 0.05) is 42.6 Å². The maximum Gasteiger partial charge on any atom is 0.394 e. The summed E-state index contributed by atoms with van der Waals surface area (Å²) < 4.78 is 48.3. The highest BCUT2D eigenvalue weighted by atomic mass is 19.4. The first-order valence-corrected chi connectivity index (χ1v) is 12.0. The molecule has 3 aromatic rings. The SMILES string of the molecule is Cc1cc([C@H]2C[C@H](c3cc4nc(C)n(C)c(=O)c4c(C45CC(C(F)(F)F)(C4)C5)n3)CCO2)ccn1. The summed E-state index contributed by atoms with van der Waals surface area (Å²) in [6.07, 6.45) is -1.12. The van der Waals surface area contributed by atoms with Crippen molar-refractivity contribution in [3.8, 4) is 0 Å². The minimum absolute atomic E-state index is 0.00121. The van der Waals surface area contributed by atoms with Gasteiger partial charge in [-0.25, -0.2) is 4.98 Å². The van der Waals surface area contributed by atoms with Gasteiger partial charge in [0.1, 0.15) is 5.82 Å². The van der Waals surface area contributed by atoms with E-state index in [4.69, 9.17) is 9.72 Å². The minimum atomic E-state index is -4.22. The first kappa shape index (κ1) is 22.6. The molecule has 1 aliphatic heterocycles. The number of aromatic nitrogens is 4. The number of ether oxygens (including phenoxy) is 1. The minimum Gasteiger partial charge on any atom is -0.373 e. The second-order valence-corrected chi connectivity index (χ2v) is 10.7. The van der Waals surface area contributed by atoms with Crippen LogP contribution in [0.1, 0.15) is 72.6 Å². The first-order chi connectivity index (χ1) is 16.5. The van der Waals surface area contributed by atoms with Crippen LogP contribution in [0.5, 0.6) is 0 Å². The van der Waals surface area contributed by atoms with E-state index in [-0.39, 0.29) is 36.8 Å². The van der Waals surface area contributed by atoms with Gasteiger partial charge in [0.05, 0.1) is 28.1 Å². The normalized spacial score (nSPS) is 30.1. The molecule has 3 saturated carbocycles. The highest BCUT2D eigenvalue weighted by Crippen LogP contribution is 2.78. The van der Waals surface area contributed by atoms with Crippen LogP contribution in [0.3, 0.4) is 0 Å². The third-order valence-electron chi connectivity index (χ3n) is 8.43. The van der Waals surface area contributed by atoms with Crippen molar-refractivity contribution >= 4 is 10.9 Å². The van der Waals surface area contributed by atoms with Gasteiger partial charge in [0.25, 0.3) is 5.56 Å². The van der Waals surface area contributed by atoms with E-state index in [9.17, 15) is 18.0 Å². The lowest BCUT2D eigenvalue weighted by Gasteiger charge is -2.70. The Labute approximate surface area is 200 Å². The Kier molecular flexibility index (Phi) is 4.75. The second-order valence-electron chi connectivity index (χ2n) is 10.7. The quantitative estimate of drug-likeness (QED) is 0.526. The fourth-order valence-corrected chi connectivity index (χ4v) is 6.41. The maximum atomic E-state index is 13.6. The van der Waals surface area contributed by atoms with Crippen LogP contribution >= 0.6 is 0 Å². The van der Waals surface area contributed by atoms with Gasteiger partial charge in [0.15, 0.2) is 0 Å². The molecule has 4 aliphatic rings. The van der Waals surface area contributed by atoms with E-state index in [0.717, 1.165) is 23.4 Å². The van der Waals surface area contributed by atoms with Crippen molar-refractivity contribution < 1.29 is 17.9 Å². The molecule has 1 saturated heterocycles. The molecule has 0 radical (unpaired) electrons. The molecule has 35 heavy (non-hydrogen) atoms. The standard InChI is InChI=1S/C26H27F3N4O2/c1-14-8-17(4-6-30-14)20-9-16(5-7-35-20)18-10-19-21(23(34)33(3)15(2)31-19)22(32-18)24-11-25(12-24,13-24)26(27,28)29/h4,6,8,10,16,20H,5,7,9,11-13H2,1-3H3/t16-,20-,24?,25?/m1/s1. The average Bonchev–Trinajstić information content (AvgIpc) is 2.74. The van der Waals surface area contributed by atoms with E-state index in [1.807, 2.05) is 25.1 Å². The molecule has 7 rings (SSSR count). The van der Waals surface area contributed by atoms with E-state index in [0.29, 0.717) is 35.4 Å². The van der Waals surface area contributed by atoms with Gasteiger partial charge in [-0.1, -0.05) is 0 Å². The Bertz CT molecular complexity index is 1390. The number of halogens is 3. The van der Waals surface area contributed by atoms with Crippen LogP contribution in [0.2, 0.25) is 0 Å². The molecule has 0 aromatic carbocycles. The van der Waals surface area contributed by atoms with Crippen LogP contribution in [0.15, 0.2) is 29.2 Å². The molecule has 6 nitrogen and oxygen atoms in total. The molecule has 3 aliphatic carbocycles. The fraction of sp³-hybridized carbons (Fsp3) is 0.538. The highest BCUT2D eigenvalue weighted by Gasteiger charge is 2.79. The summed E-state index contributed by atoms with van der Waals surface area (Å²) in [4.78, 5) is 27.1. The van der Waals surface area contributed by atoms with Crippen LogP contribution in [-0.2, 0) is 17.2 Å². The molecule has 0 amide bonds. The predicted octanol–water partition coefficient (Wildman–Crippen LogP) is 4.96. The zero-order chi connectivity index (χ0) is 24.8. The molecule has 0 unspecified atom stereocenters. The van der Waals surface area contributed by atoms with Crippen LogP contribution in [0, 0.1) is 19.3 Å².